The van der Waals surface area contributed by atoms with E-state index in [2.05, 4.69) is 15.1 Å². The predicted octanol–water partition coefficient (Wildman–Crippen LogP) is 0.215. The predicted molar refractivity (Wildman–Crippen MR) is 70.8 cm³/mol. The third kappa shape index (κ3) is 3.03. The fraction of sp³-hybridized carbons (Fsp3) is 0.545. The first-order valence-corrected chi connectivity index (χ1v) is 7.47. The third-order valence-corrected chi connectivity index (χ3v) is 4.87. The van der Waals surface area contributed by atoms with Crippen molar-refractivity contribution in [3.05, 3.63) is 18.3 Å². The van der Waals surface area contributed by atoms with E-state index in [-0.39, 0.29) is 17.0 Å². The van der Waals surface area contributed by atoms with Crippen LogP contribution in [0.2, 0.25) is 0 Å². The van der Waals surface area contributed by atoms with Crippen molar-refractivity contribution >= 4 is 15.8 Å². The summed E-state index contributed by atoms with van der Waals surface area (Å²) in [6.45, 7) is 0.277. The lowest BCUT2D eigenvalue weighted by Gasteiger charge is -2.40. The van der Waals surface area contributed by atoms with E-state index in [4.69, 9.17) is 10.6 Å². The molecule has 1 aliphatic carbocycles. The highest BCUT2D eigenvalue weighted by Gasteiger charge is 2.38. The van der Waals surface area contributed by atoms with Crippen LogP contribution in [-0.4, -0.2) is 32.7 Å². The van der Waals surface area contributed by atoms with Crippen molar-refractivity contribution in [1.82, 2.24) is 9.71 Å². The van der Waals surface area contributed by atoms with Gasteiger partial charge in [-0.3, -0.25) is 0 Å². The number of hydrogen-bond acceptors (Lipinski definition) is 6. The summed E-state index contributed by atoms with van der Waals surface area (Å²) >= 11 is 0. The van der Waals surface area contributed by atoms with E-state index in [1.165, 1.54) is 18.3 Å². The average molecular weight is 286 g/mol. The van der Waals surface area contributed by atoms with Gasteiger partial charge in [-0.2, -0.15) is 0 Å². The van der Waals surface area contributed by atoms with Crippen LogP contribution in [0.15, 0.2) is 23.2 Å². The number of nitrogens with two attached hydrogens (primary N) is 1. The molecule has 0 spiro atoms. The number of methoxy groups -OCH3 is 1. The van der Waals surface area contributed by atoms with Crippen LogP contribution in [0.25, 0.3) is 0 Å². The smallest absolute Gasteiger partial charge is 0.240 e. The molecular weight excluding hydrogens is 268 g/mol. The van der Waals surface area contributed by atoms with Gasteiger partial charge in [-0.1, -0.05) is 0 Å². The molecule has 7 nitrogen and oxygen atoms in total. The number of pyridine rings is 1. The zero-order valence-corrected chi connectivity index (χ0v) is 11.5. The van der Waals surface area contributed by atoms with Crippen LogP contribution < -0.4 is 16.0 Å². The molecule has 19 heavy (non-hydrogen) atoms. The summed E-state index contributed by atoms with van der Waals surface area (Å²) in [6, 6.07) is 2.80. The minimum Gasteiger partial charge on any atom is -0.377 e. The minimum absolute atomic E-state index is 0.126. The number of nitrogen functional groups attached to an aromatic ring is 1. The number of rotatable bonds is 6. The topological polar surface area (TPSA) is 106 Å². The number of nitrogens with zero attached hydrogens (tertiary/aromatic N) is 1. The van der Waals surface area contributed by atoms with Crippen molar-refractivity contribution in [3.8, 4) is 0 Å². The van der Waals surface area contributed by atoms with E-state index in [1.807, 2.05) is 0 Å². The van der Waals surface area contributed by atoms with E-state index < -0.39 is 10.0 Å². The maximum Gasteiger partial charge on any atom is 0.240 e. The molecule has 0 unspecified atom stereocenters. The zero-order chi connectivity index (χ0) is 13.9. The van der Waals surface area contributed by atoms with Gasteiger partial charge in [0, 0.05) is 25.9 Å². The van der Waals surface area contributed by atoms with Crippen molar-refractivity contribution in [1.29, 1.82) is 0 Å². The molecule has 1 fully saturated rings. The second-order valence-electron chi connectivity index (χ2n) is 4.59. The Kier molecular flexibility index (Phi) is 4.04. The molecule has 1 saturated carbocycles. The van der Waals surface area contributed by atoms with Crippen LogP contribution in [-0.2, 0) is 14.8 Å². The van der Waals surface area contributed by atoms with Crippen LogP contribution in [0.1, 0.15) is 19.3 Å². The van der Waals surface area contributed by atoms with Crippen molar-refractivity contribution in [2.24, 2.45) is 5.84 Å². The lowest BCUT2D eigenvalue weighted by molar-refractivity contribution is -0.0659. The van der Waals surface area contributed by atoms with Gasteiger partial charge in [0.05, 0.1) is 10.5 Å². The average Bonchev–Trinajstić information content (AvgIpc) is 2.38. The second kappa shape index (κ2) is 5.41. The molecule has 0 aliphatic heterocycles. The summed E-state index contributed by atoms with van der Waals surface area (Å²) in [5.41, 5.74) is 1.97. The molecular formula is C11H18N4O3S. The van der Waals surface area contributed by atoms with Gasteiger partial charge in [-0.15, -0.1) is 0 Å². The summed E-state index contributed by atoms with van der Waals surface area (Å²) in [5.74, 6) is 5.51. The highest BCUT2D eigenvalue weighted by atomic mass is 32.2. The van der Waals surface area contributed by atoms with Crippen molar-refractivity contribution < 1.29 is 13.2 Å². The van der Waals surface area contributed by atoms with Gasteiger partial charge in [-0.05, 0) is 25.3 Å². The second-order valence-corrected chi connectivity index (χ2v) is 6.35. The molecule has 0 atom stereocenters. The van der Waals surface area contributed by atoms with Gasteiger partial charge in [0.1, 0.15) is 5.82 Å². The van der Waals surface area contributed by atoms with Gasteiger partial charge < -0.3 is 10.2 Å². The maximum absolute atomic E-state index is 12.1. The number of aromatic nitrogens is 1. The summed E-state index contributed by atoms with van der Waals surface area (Å²) in [6.07, 6.45) is 4.20. The van der Waals surface area contributed by atoms with Crippen LogP contribution in [0.4, 0.5) is 5.82 Å². The van der Waals surface area contributed by atoms with Crippen molar-refractivity contribution in [3.63, 3.8) is 0 Å². The SMILES string of the molecule is COC1(CNS(=O)(=O)c2ccnc(NN)c2)CCC1. The number of hydrogen-bond donors (Lipinski definition) is 3. The normalized spacial score (nSPS) is 17.8. The molecule has 0 amide bonds. The Morgan fingerprint density at radius 3 is 2.79 bits per heavy atom. The Balaban J connectivity index is 2.09. The summed E-state index contributed by atoms with van der Waals surface area (Å²) in [5, 5.41) is 0. The van der Waals surface area contributed by atoms with Gasteiger partial charge in [0.2, 0.25) is 10.0 Å². The quantitative estimate of drug-likeness (QED) is 0.510. The Labute approximate surface area is 112 Å². The van der Waals surface area contributed by atoms with Crippen molar-refractivity contribution in [2.75, 3.05) is 19.1 Å². The summed E-state index contributed by atoms with van der Waals surface area (Å²) in [4.78, 5) is 4.00. The number of sulfonamides is 1. The van der Waals surface area contributed by atoms with E-state index in [9.17, 15) is 8.42 Å². The molecule has 0 saturated heterocycles. The number of hydrazine groups is 1. The molecule has 0 aromatic carbocycles. The van der Waals surface area contributed by atoms with E-state index >= 15 is 0 Å². The molecule has 8 heteroatoms. The Morgan fingerprint density at radius 2 is 2.26 bits per heavy atom. The number of anilines is 1. The molecule has 106 valence electrons. The first kappa shape index (κ1) is 14.2. The standard InChI is InChI=1S/C11H18N4O3S/c1-18-11(4-2-5-11)8-14-19(16,17)9-3-6-13-10(7-9)15-12/h3,6-7,14H,2,4-5,8,12H2,1H3,(H,13,15). The van der Waals surface area contributed by atoms with Crippen LogP contribution in [0.5, 0.6) is 0 Å². The molecule has 0 radical (unpaired) electrons. The lowest BCUT2D eigenvalue weighted by Crippen LogP contribution is -2.49. The van der Waals surface area contributed by atoms with Crippen LogP contribution >= 0.6 is 0 Å². The van der Waals surface area contributed by atoms with Crippen LogP contribution in [0.3, 0.4) is 0 Å². The van der Waals surface area contributed by atoms with Gasteiger partial charge in [-0.25, -0.2) is 24.0 Å². The van der Waals surface area contributed by atoms with Crippen LogP contribution in [0, 0.1) is 0 Å². The molecule has 2 rings (SSSR count). The van der Waals surface area contributed by atoms with Crippen molar-refractivity contribution in [2.45, 2.75) is 29.8 Å². The zero-order valence-electron chi connectivity index (χ0n) is 10.7. The van der Waals surface area contributed by atoms with Gasteiger partial charge in [0.25, 0.3) is 0 Å². The third-order valence-electron chi connectivity index (χ3n) is 3.47. The lowest BCUT2D eigenvalue weighted by atomic mass is 9.80. The molecule has 0 bridgehead atoms. The maximum atomic E-state index is 12.1. The molecule has 1 heterocycles. The number of ether oxygens (including phenoxy) is 1. The number of nitrogens with one attached hydrogen (secondary N) is 2. The Hall–Kier alpha value is -1.22. The molecule has 1 aliphatic rings. The first-order valence-electron chi connectivity index (χ1n) is 5.99. The van der Waals surface area contributed by atoms with Gasteiger partial charge in [0.15, 0.2) is 0 Å². The van der Waals surface area contributed by atoms with E-state index in [1.54, 1.807) is 7.11 Å². The highest BCUT2D eigenvalue weighted by molar-refractivity contribution is 7.89. The van der Waals surface area contributed by atoms with E-state index in [0.717, 1.165) is 19.3 Å². The minimum atomic E-state index is -3.58. The first-order chi connectivity index (χ1) is 9.01. The largest absolute Gasteiger partial charge is 0.377 e. The summed E-state index contributed by atoms with van der Waals surface area (Å²) in [7, 11) is -1.97. The highest BCUT2D eigenvalue weighted by Crippen LogP contribution is 2.34. The molecule has 4 N–H and O–H groups in total. The molecule has 1 aromatic heterocycles. The van der Waals surface area contributed by atoms with E-state index in [0.29, 0.717) is 5.82 Å². The fourth-order valence-corrected chi connectivity index (χ4v) is 3.12. The van der Waals surface area contributed by atoms with Gasteiger partial charge >= 0.3 is 0 Å². The summed E-state index contributed by atoms with van der Waals surface area (Å²) < 4.78 is 32.2. The molecule has 1 aromatic rings. The monoisotopic (exact) mass is 286 g/mol. The fourth-order valence-electron chi connectivity index (χ4n) is 1.99. The Bertz CT molecular complexity index is 537. The Morgan fingerprint density at radius 1 is 1.53 bits per heavy atom.